The molecule has 3 saturated heterocycles. The van der Waals surface area contributed by atoms with E-state index in [1.165, 1.54) is 4.90 Å². The van der Waals surface area contributed by atoms with Gasteiger partial charge in [0, 0.05) is 22.7 Å². The molecular formula is C25H22ClN3O5. The molecule has 4 atom stereocenters. The number of ether oxygens (including phenoxy) is 2. The Bertz CT molecular complexity index is 1310. The monoisotopic (exact) mass is 479 g/mol. The summed E-state index contributed by atoms with van der Waals surface area (Å²) in [5.74, 6) is -1.16. The lowest BCUT2D eigenvalue weighted by molar-refractivity contribution is -0.135. The average Bonchev–Trinajstić information content (AvgIpc) is 3.55. The van der Waals surface area contributed by atoms with Crippen molar-refractivity contribution >= 4 is 40.7 Å². The number of hydrogen-bond acceptors (Lipinski definition) is 6. The summed E-state index contributed by atoms with van der Waals surface area (Å²) in [5.41, 5.74) is 1.39. The van der Waals surface area contributed by atoms with Crippen LogP contribution in [-0.4, -0.2) is 48.4 Å². The normalized spacial score (nSPS) is 31.2. The maximum Gasteiger partial charge on any atom is 0.250 e. The Morgan fingerprint density at radius 3 is 2.68 bits per heavy atom. The van der Waals surface area contributed by atoms with Crippen LogP contribution in [0.4, 0.5) is 11.4 Å². The van der Waals surface area contributed by atoms with Gasteiger partial charge in [-0.2, -0.15) is 0 Å². The predicted octanol–water partition coefficient (Wildman–Crippen LogP) is 2.85. The lowest BCUT2D eigenvalue weighted by Crippen LogP contribution is -2.54. The highest BCUT2D eigenvalue weighted by molar-refractivity contribution is 6.32. The van der Waals surface area contributed by atoms with Crippen LogP contribution in [0.15, 0.2) is 30.3 Å². The van der Waals surface area contributed by atoms with E-state index in [0.717, 1.165) is 24.0 Å². The van der Waals surface area contributed by atoms with E-state index < -0.39 is 17.4 Å². The molecule has 1 N–H and O–H groups in total. The smallest absolute Gasteiger partial charge is 0.250 e. The van der Waals surface area contributed by atoms with Crippen molar-refractivity contribution in [3.8, 4) is 11.5 Å². The molecule has 3 amide bonds. The van der Waals surface area contributed by atoms with Crippen molar-refractivity contribution in [2.45, 2.75) is 31.3 Å². The first kappa shape index (κ1) is 20.3. The average molecular weight is 480 g/mol. The fraction of sp³-hybridized carbons (Fsp3) is 0.400. The van der Waals surface area contributed by atoms with E-state index in [-0.39, 0.29) is 23.8 Å². The Hall–Kier alpha value is -3.10. The maximum atomic E-state index is 14.1. The number of imide groups is 1. The zero-order chi connectivity index (χ0) is 23.4. The lowest BCUT2D eigenvalue weighted by Gasteiger charge is -2.36. The van der Waals surface area contributed by atoms with Crippen molar-refractivity contribution in [3.63, 3.8) is 0 Å². The standard InChI is InChI=1S/C25H22ClN3O5/c1-12-15(26)6-5-14-21(12)27-24(32)25(14)20-19(16-3-2-8-28(16)25)22(30)29(23(20)31)13-4-7-17-18(11-13)34-10-9-33-17/h4-7,11,16,19-20H,2-3,8-10H2,1H3,(H,27,32)/t16-,19-,20-,25+/m1/s1. The zero-order valence-electron chi connectivity index (χ0n) is 18.5. The van der Waals surface area contributed by atoms with E-state index in [1.807, 2.05) is 13.0 Å². The van der Waals surface area contributed by atoms with Gasteiger partial charge in [0.05, 0.1) is 23.2 Å². The minimum absolute atomic E-state index is 0.170. The predicted molar refractivity (Wildman–Crippen MR) is 123 cm³/mol. The van der Waals surface area contributed by atoms with E-state index in [2.05, 4.69) is 10.2 Å². The highest BCUT2D eigenvalue weighted by Gasteiger charge is 2.74. The molecule has 5 aliphatic heterocycles. The van der Waals surface area contributed by atoms with Crippen LogP contribution in [0.1, 0.15) is 24.0 Å². The number of benzene rings is 2. The third kappa shape index (κ3) is 2.25. The molecule has 34 heavy (non-hydrogen) atoms. The van der Waals surface area contributed by atoms with Crippen molar-refractivity contribution < 1.29 is 23.9 Å². The highest BCUT2D eigenvalue weighted by atomic mass is 35.5. The van der Waals surface area contributed by atoms with E-state index >= 15 is 0 Å². The molecule has 0 aliphatic carbocycles. The van der Waals surface area contributed by atoms with Crippen LogP contribution >= 0.6 is 11.6 Å². The highest BCUT2D eigenvalue weighted by Crippen LogP contribution is 2.61. The van der Waals surface area contributed by atoms with Gasteiger partial charge in [-0.1, -0.05) is 17.7 Å². The quantitative estimate of drug-likeness (QED) is 0.633. The van der Waals surface area contributed by atoms with Gasteiger partial charge in [0.2, 0.25) is 17.7 Å². The largest absolute Gasteiger partial charge is 0.486 e. The molecule has 7 rings (SSSR count). The third-order valence-electron chi connectivity index (χ3n) is 8.15. The summed E-state index contributed by atoms with van der Waals surface area (Å²) in [6, 6.07) is 8.55. The van der Waals surface area contributed by atoms with Gasteiger partial charge in [0.15, 0.2) is 11.5 Å². The molecular weight excluding hydrogens is 458 g/mol. The molecule has 5 heterocycles. The molecule has 174 valence electrons. The van der Waals surface area contributed by atoms with Crippen molar-refractivity contribution in [3.05, 3.63) is 46.5 Å². The number of nitrogens with one attached hydrogen (secondary N) is 1. The van der Waals surface area contributed by atoms with Gasteiger partial charge in [0.1, 0.15) is 18.8 Å². The zero-order valence-corrected chi connectivity index (χ0v) is 19.2. The molecule has 0 radical (unpaired) electrons. The van der Waals surface area contributed by atoms with Crippen LogP contribution in [0, 0.1) is 18.8 Å². The molecule has 8 nitrogen and oxygen atoms in total. The second-order valence-corrected chi connectivity index (χ2v) is 9.97. The van der Waals surface area contributed by atoms with Crippen LogP contribution < -0.4 is 19.7 Å². The van der Waals surface area contributed by atoms with E-state index in [4.69, 9.17) is 21.1 Å². The summed E-state index contributed by atoms with van der Waals surface area (Å²) in [7, 11) is 0. The van der Waals surface area contributed by atoms with Gasteiger partial charge in [-0.25, -0.2) is 4.90 Å². The minimum Gasteiger partial charge on any atom is -0.486 e. The summed E-state index contributed by atoms with van der Waals surface area (Å²) in [6.45, 7) is 3.38. The van der Waals surface area contributed by atoms with Crippen LogP contribution in [0.3, 0.4) is 0 Å². The summed E-state index contributed by atoms with van der Waals surface area (Å²) >= 11 is 6.35. The van der Waals surface area contributed by atoms with Crippen molar-refractivity contribution in [1.29, 1.82) is 0 Å². The summed E-state index contributed by atoms with van der Waals surface area (Å²) < 4.78 is 11.3. The van der Waals surface area contributed by atoms with Gasteiger partial charge in [-0.05, 0) is 50.1 Å². The third-order valence-corrected chi connectivity index (χ3v) is 8.56. The summed E-state index contributed by atoms with van der Waals surface area (Å²) in [4.78, 5) is 45.0. The van der Waals surface area contributed by atoms with Crippen LogP contribution in [0.2, 0.25) is 5.02 Å². The Labute approximate surface area is 200 Å². The molecule has 0 bridgehead atoms. The first-order valence-electron chi connectivity index (χ1n) is 11.6. The lowest BCUT2D eigenvalue weighted by atomic mass is 9.75. The molecule has 0 saturated carbocycles. The Balaban J connectivity index is 1.39. The molecule has 0 unspecified atom stereocenters. The van der Waals surface area contributed by atoms with Gasteiger partial charge >= 0.3 is 0 Å². The Morgan fingerprint density at radius 1 is 1.06 bits per heavy atom. The molecule has 0 aromatic heterocycles. The van der Waals surface area contributed by atoms with Gasteiger partial charge in [-0.3, -0.25) is 19.3 Å². The van der Waals surface area contributed by atoms with Gasteiger partial charge < -0.3 is 14.8 Å². The fourth-order valence-corrected chi connectivity index (χ4v) is 6.97. The van der Waals surface area contributed by atoms with E-state index in [1.54, 1.807) is 24.3 Å². The first-order chi connectivity index (χ1) is 16.4. The molecule has 5 aliphatic rings. The first-order valence-corrected chi connectivity index (χ1v) is 12.0. The van der Waals surface area contributed by atoms with E-state index in [9.17, 15) is 14.4 Å². The number of hydrogen-bond donors (Lipinski definition) is 1. The maximum absolute atomic E-state index is 14.1. The number of halogens is 1. The molecule has 2 aromatic rings. The number of nitrogens with zero attached hydrogens (tertiary/aromatic N) is 2. The summed E-state index contributed by atoms with van der Waals surface area (Å²) in [6.07, 6.45) is 1.64. The number of carbonyl (C=O) groups excluding carboxylic acids is 3. The van der Waals surface area contributed by atoms with Crippen molar-refractivity contribution in [2.75, 3.05) is 30.0 Å². The van der Waals surface area contributed by atoms with Gasteiger partial charge in [-0.15, -0.1) is 0 Å². The topological polar surface area (TPSA) is 88.2 Å². The van der Waals surface area contributed by atoms with Crippen LogP contribution in [0.25, 0.3) is 0 Å². The fourth-order valence-electron chi connectivity index (χ4n) is 6.82. The Morgan fingerprint density at radius 2 is 1.85 bits per heavy atom. The molecule has 9 heteroatoms. The number of rotatable bonds is 1. The molecule has 2 aromatic carbocycles. The number of carbonyl (C=O) groups is 3. The second kappa shape index (κ2) is 6.73. The molecule has 3 fully saturated rings. The SMILES string of the molecule is Cc1c(Cl)ccc2c1NC(=O)[C@@]21[C@H]2C(=O)N(c3ccc4c(c3)OCCO4)C(=O)[C@@H]2[C@H]2CCCN21. The Kier molecular flexibility index (Phi) is 4.02. The summed E-state index contributed by atoms with van der Waals surface area (Å²) in [5, 5.41) is 3.56. The second-order valence-electron chi connectivity index (χ2n) is 9.56. The number of anilines is 2. The van der Waals surface area contributed by atoms with Crippen LogP contribution in [-0.2, 0) is 19.9 Å². The minimum atomic E-state index is -1.22. The van der Waals surface area contributed by atoms with Gasteiger partial charge in [0.25, 0.3) is 0 Å². The van der Waals surface area contributed by atoms with E-state index in [0.29, 0.717) is 47.7 Å². The van der Waals surface area contributed by atoms with Crippen molar-refractivity contribution in [1.82, 2.24) is 4.90 Å². The van der Waals surface area contributed by atoms with Crippen molar-refractivity contribution in [2.24, 2.45) is 11.8 Å². The number of fused-ring (bicyclic) bond motifs is 8. The molecule has 1 spiro atoms. The number of amides is 3. The van der Waals surface area contributed by atoms with Crippen LogP contribution in [0.5, 0.6) is 11.5 Å².